The molecular weight excluding hydrogens is 216 g/mol. The summed E-state index contributed by atoms with van der Waals surface area (Å²) < 4.78 is 0. The number of hydrogen-bond acceptors (Lipinski definition) is 3. The van der Waals surface area contributed by atoms with Gasteiger partial charge in [-0.2, -0.15) is 0 Å². The first kappa shape index (κ1) is 12.1. The number of primary amides is 1. The van der Waals surface area contributed by atoms with Crippen LogP contribution in [0, 0.1) is 0 Å². The molecule has 1 atom stereocenters. The first-order valence-corrected chi connectivity index (χ1v) is 6.03. The second-order valence-corrected chi connectivity index (χ2v) is 4.36. The van der Waals surface area contributed by atoms with Gasteiger partial charge in [-0.3, -0.25) is 9.63 Å². The highest BCUT2D eigenvalue weighted by Crippen LogP contribution is 2.16. The summed E-state index contributed by atoms with van der Waals surface area (Å²) >= 11 is 0. The zero-order valence-electron chi connectivity index (χ0n) is 9.82. The lowest BCUT2D eigenvalue weighted by Gasteiger charge is -2.15. The normalized spacial score (nSPS) is 20.8. The largest absolute Gasteiger partial charge is 0.366 e. The van der Waals surface area contributed by atoms with Crippen molar-refractivity contribution in [2.24, 2.45) is 5.73 Å². The Balaban J connectivity index is 2.09. The molecule has 1 aromatic rings. The van der Waals surface area contributed by atoms with Crippen molar-refractivity contribution in [2.75, 3.05) is 6.54 Å². The van der Waals surface area contributed by atoms with Crippen LogP contribution in [0.1, 0.15) is 35.2 Å². The van der Waals surface area contributed by atoms with Gasteiger partial charge in [0.15, 0.2) is 0 Å². The van der Waals surface area contributed by atoms with Crippen LogP contribution in [0.4, 0.5) is 0 Å². The van der Waals surface area contributed by atoms with E-state index in [1.165, 1.54) is 0 Å². The number of amides is 1. The molecule has 1 fully saturated rings. The quantitative estimate of drug-likeness (QED) is 0.831. The number of benzene rings is 1. The lowest BCUT2D eigenvalue weighted by Crippen LogP contribution is -2.24. The van der Waals surface area contributed by atoms with Crippen LogP contribution < -0.4 is 11.2 Å². The van der Waals surface area contributed by atoms with Crippen LogP contribution in [0.5, 0.6) is 0 Å². The highest BCUT2D eigenvalue weighted by atomic mass is 16.7. The zero-order valence-corrected chi connectivity index (χ0v) is 9.82. The van der Waals surface area contributed by atoms with Gasteiger partial charge in [0.05, 0.1) is 6.10 Å². The number of hydrogen-bond donors (Lipinski definition) is 2. The van der Waals surface area contributed by atoms with Gasteiger partial charge in [-0.25, -0.2) is 5.48 Å². The Morgan fingerprint density at radius 3 is 3.06 bits per heavy atom. The highest BCUT2D eigenvalue weighted by molar-refractivity contribution is 5.94. The molecule has 0 aliphatic carbocycles. The second kappa shape index (κ2) is 5.80. The average molecular weight is 234 g/mol. The highest BCUT2D eigenvalue weighted by Gasteiger charge is 2.16. The fraction of sp³-hybridized carbons (Fsp3) is 0.462. The van der Waals surface area contributed by atoms with Crippen molar-refractivity contribution in [3.05, 3.63) is 35.4 Å². The average Bonchev–Trinajstić information content (AvgIpc) is 2.58. The Morgan fingerprint density at radius 2 is 2.24 bits per heavy atom. The number of nitrogens with two attached hydrogens (primary N) is 1. The fourth-order valence-electron chi connectivity index (χ4n) is 2.13. The van der Waals surface area contributed by atoms with Gasteiger partial charge in [0.2, 0.25) is 5.91 Å². The van der Waals surface area contributed by atoms with E-state index in [2.05, 4.69) is 5.48 Å². The number of carbonyl (C=O) groups is 1. The summed E-state index contributed by atoms with van der Waals surface area (Å²) in [6.07, 6.45) is 4.15. The summed E-state index contributed by atoms with van der Waals surface area (Å²) in [5, 5.41) is 0. The first-order chi connectivity index (χ1) is 8.27. The van der Waals surface area contributed by atoms with Gasteiger partial charge >= 0.3 is 0 Å². The summed E-state index contributed by atoms with van der Waals surface area (Å²) in [5.41, 5.74) is 9.87. The molecule has 92 valence electrons. The minimum atomic E-state index is -0.373. The molecule has 0 saturated carbocycles. The minimum absolute atomic E-state index is 0.123. The molecule has 3 N–H and O–H groups in total. The van der Waals surface area contributed by atoms with Gasteiger partial charge in [0.1, 0.15) is 0 Å². The van der Waals surface area contributed by atoms with Gasteiger partial charge in [0.25, 0.3) is 0 Å². The monoisotopic (exact) mass is 234 g/mol. The predicted molar refractivity (Wildman–Crippen MR) is 65.4 cm³/mol. The molecule has 1 aliphatic heterocycles. The molecule has 1 unspecified atom stereocenters. The lowest BCUT2D eigenvalue weighted by atomic mass is 9.99. The Morgan fingerprint density at radius 1 is 1.41 bits per heavy atom. The molecule has 0 bridgehead atoms. The summed E-state index contributed by atoms with van der Waals surface area (Å²) in [5.74, 6) is -0.373. The number of hydroxylamine groups is 1. The molecule has 1 heterocycles. The molecule has 1 aromatic carbocycles. The fourth-order valence-corrected chi connectivity index (χ4v) is 2.13. The van der Waals surface area contributed by atoms with Crippen molar-refractivity contribution >= 4 is 5.91 Å². The smallest absolute Gasteiger partial charge is 0.248 e. The Hall–Kier alpha value is -1.39. The van der Waals surface area contributed by atoms with Crippen LogP contribution in [-0.2, 0) is 11.3 Å². The van der Waals surface area contributed by atoms with Gasteiger partial charge < -0.3 is 5.73 Å². The van der Waals surface area contributed by atoms with E-state index in [0.717, 1.165) is 37.8 Å². The summed E-state index contributed by atoms with van der Waals surface area (Å²) in [7, 11) is 0. The van der Waals surface area contributed by atoms with E-state index in [0.29, 0.717) is 5.56 Å². The number of nitrogens with one attached hydrogen (secondary N) is 1. The molecule has 1 amide bonds. The van der Waals surface area contributed by atoms with E-state index in [9.17, 15) is 4.79 Å². The zero-order chi connectivity index (χ0) is 12.1. The van der Waals surface area contributed by atoms with Crippen LogP contribution in [0.2, 0.25) is 0 Å². The molecule has 0 radical (unpaired) electrons. The summed E-state index contributed by atoms with van der Waals surface area (Å²) in [6.45, 7) is 0.897. The Bertz CT molecular complexity index is 385. The van der Waals surface area contributed by atoms with Crippen LogP contribution in [0.15, 0.2) is 24.3 Å². The third-order valence-corrected chi connectivity index (χ3v) is 3.04. The first-order valence-electron chi connectivity index (χ1n) is 6.03. The summed E-state index contributed by atoms with van der Waals surface area (Å²) in [4.78, 5) is 16.8. The number of carbonyl (C=O) groups excluding carboxylic acids is 1. The molecule has 0 aromatic heterocycles. The van der Waals surface area contributed by atoms with Crippen LogP contribution in [-0.4, -0.2) is 18.6 Å². The van der Waals surface area contributed by atoms with Gasteiger partial charge in [-0.1, -0.05) is 18.2 Å². The van der Waals surface area contributed by atoms with Crippen molar-refractivity contribution in [1.29, 1.82) is 0 Å². The summed E-state index contributed by atoms with van der Waals surface area (Å²) in [6, 6.07) is 7.46. The number of rotatable bonds is 3. The minimum Gasteiger partial charge on any atom is -0.366 e. The van der Waals surface area contributed by atoms with E-state index in [-0.39, 0.29) is 12.0 Å². The molecule has 4 nitrogen and oxygen atoms in total. The van der Waals surface area contributed by atoms with Gasteiger partial charge in [-0.05, 0) is 30.9 Å². The molecule has 2 rings (SSSR count). The van der Waals surface area contributed by atoms with Crippen molar-refractivity contribution in [3.8, 4) is 0 Å². The molecular formula is C13H18N2O2. The van der Waals surface area contributed by atoms with E-state index in [1.54, 1.807) is 6.07 Å². The van der Waals surface area contributed by atoms with Crippen molar-refractivity contribution in [3.63, 3.8) is 0 Å². The maximum Gasteiger partial charge on any atom is 0.248 e. The van der Waals surface area contributed by atoms with Crippen LogP contribution in [0.25, 0.3) is 0 Å². The Labute approximate surface area is 101 Å². The molecule has 17 heavy (non-hydrogen) atoms. The van der Waals surface area contributed by atoms with Crippen LogP contribution >= 0.6 is 0 Å². The molecule has 1 saturated heterocycles. The van der Waals surface area contributed by atoms with E-state index < -0.39 is 0 Å². The van der Waals surface area contributed by atoms with Crippen LogP contribution in [0.3, 0.4) is 0 Å². The molecule has 1 aliphatic rings. The van der Waals surface area contributed by atoms with E-state index in [1.807, 2.05) is 18.2 Å². The van der Waals surface area contributed by atoms with Crippen molar-refractivity contribution in [1.82, 2.24) is 5.48 Å². The standard InChI is InChI=1S/C13H18N2O2/c14-13(16)12-7-2-1-5-10(12)9-11-6-3-4-8-15-17-11/h1-2,5,7,11,15H,3-4,6,8-9H2,(H2,14,16). The third kappa shape index (κ3) is 3.28. The second-order valence-electron chi connectivity index (χ2n) is 4.36. The Kier molecular flexibility index (Phi) is 4.12. The van der Waals surface area contributed by atoms with Crippen molar-refractivity contribution < 1.29 is 9.63 Å². The van der Waals surface area contributed by atoms with Crippen molar-refractivity contribution in [2.45, 2.75) is 31.8 Å². The maximum absolute atomic E-state index is 11.3. The maximum atomic E-state index is 11.3. The van der Waals surface area contributed by atoms with Gasteiger partial charge in [0, 0.05) is 18.5 Å². The third-order valence-electron chi connectivity index (χ3n) is 3.04. The van der Waals surface area contributed by atoms with Gasteiger partial charge in [-0.15, -0.1) is 0 Å². The van der Waals surface area contributed by atoms with E-state index in [4.69, 9.17) is 10.6 Å². The molecule has 0 spiro atoms. The topological polar surface area (TPSA) is 64.4 Å². The molecule has 4 heteroatoms. The van der Waals surface area contributed by atoms with E-state index >= 15 is 0 Å². The predicted octanol–water partition coefficient (Wildman–Crippen LogP) is 1.40. The lowest BCUT2D eigenvalue weighted by molar-refractivity contribution is -0.0163. The SMILES string of the molecule is NC(=O)c1ccccc1CC1CCCCNO1.